The van der Waals surface area contributed by atoms with Gasteiger partial charge >= 0.3 is 6.36 Å². The molecule has 0 saturated heterocycles. The van der Waals surface area contributed by atoms with E-state index in [0.29, 0.717) is 22.7 Å². The first-order valence-corrected chi connectivity index (χ1v) is 9.59. The van der Waals surface area contributed by atoms with Crippen LogP contribution in [0.1, 0.15) is 0 Å². The van der Waals surface area contributed by atoms with Crippen molar-refractivity contribution in [2.24, 2.45) is 0 Å². The van der Waals surface area contributed by atoms with E-state index in [1.807, 2.05) is 0 Å². The van der Waals surface area contributed by atoms with Crippen molar-refractivity contribution in [3.63, 3.8) is 0 Å². The molecule has 3 aromatic rings. The normalized spacial score (nSPS) is 11.1. The fourth-order valence-electron chi connectivity index (χ4n) is 2.38. The monoisotopic (exact) mass is 455 g/mol. The van der Waals surface area contributed by atoms with Crippen LogP contribution < -0.4 is 19.5 Å². The first-order valence-electron chi connectivity index (χ1n) is 8.61. The molecule has 2 aromatic carbocycles. The lowest BCUT2D eigenvalue weighted by molar-refractivity contribution is -0.274. The topological polar surface area (TPSA) is 95.7 Å². The Morgan fingerprint density at radius 2 is 1.68 bits per heavy atom. The van der Waals surface area contributed by atoms with Gasteiger partial charge in [0.25, 0.3) is 5.22 Å². The second kappa shape index (κ2) is 9.60. The van der Waals surface area contributed by atoms with Crippen LogP contribution in [0.5, 0.6) is 17.2 Å². The number of alkyl halides is 3. The maximum atomic E-state index is 12.2. The van der Waals surface area contributed by atoms with E-state index in [-0.39, 0.29) is 22.6 Å². The largest absolute Gasteiger partial charge is 0.573 e. The van der Waals surface area contributed by atoms with Crippen LogP contribution in [0.25, 0.3) is 11.5 Å². The summed E-state index contributed by atoms with van der Waals surface area (Å²) < 4.78 is 56.3. The summed E-state index contributed by atoms with van der Waals surface area (Å²) in [5.74, 6) is 0.481. The van der Waals surface area contributed by atoms with Gasteiger partial charge in [-0.3, -0.25) is 4.79 Å². The molecule has 0 atom stereocenters. The van der Waals surface area contributed by atoms with E-state index in [1.165, 1.54) is 26.4 Å². The molecule has 1 heterocycles. The molecule has 0 aliphatic rings. The molecule has 12 heteroatoms. The first-order chi connectivity index (χ1) is 14.8. The van der Waals surface area contributed by atoms with Crippen LogP contribution in [0.15, 0.2) is 52.1 Å². The maximum absolute atomic E-state index is 12.2. The van der Waals surface area contributed by atoms with E-state index in [9.17, 15) is 18.0 Å². The summed E-state index contributed by atoms with van der Waals surface area (Å²) in [6, 6.07) is 9.88. The van der Waals surface area contributed by atoms with Crippen molar-refractivity contribution in [1.82, 2.24) is 10.2 Å². The van der Waals surface area contributed by atoms with Gasteiger partial charge in [-0.2, -0.15) is 0 Å². The number of amides is 1. The number of carbonyl (C=O) groups excluding carboxylic acids is 1. The summed E-state index contributed by atoms with van der Waals surface area (Å²) in [4.78, 5) is 12.1. The Morgan fingerprint density at radius 1 is 1.03 bits per heavy atom. The molecule has 0 unspecified atom stereocenters. The number of halogens is 3. The Hall–Kier alpha value is -3.41. The van der Waals surface area contributed by atoms with E-state index in [1.54, 1.807) is 18.2 Å². The molecule has 164 valence electrons. The molecule has 8 nitrogen and oxygen atoms in total. The molecule has 3 rings (SSSR count). The number of nitrogens with zero attached hydrogens (tertiary/aromatic N) is 2. The average Bonchev–Trinajstić information content (AvgIpc) is 3.21. The zero-order valence-electron chi connectivity index (χ0n) is 16.2. The van der Waals surface area contributed by atoms with Gasteiger partial charge in [0, 0.05) is 17.3 Å². The quantitative estimate of drug-likeness (QED) is 0.500. The lowest BCUT2D eigenvalue weighted by Gasteiger charge is -2.09. The Bertz CT molecular complexity index is 1020. The highest BCUT2D eigenvalue weighted by Crippen LogP contribution is 2.30. The minimum Gasteiger partial charge on any atom is -0.497 e. The fourth-order valence-corrected chi connectivity index (χ4v) is 2.94. The Balaban J connectivity index is 1.56. The number of methoxy groups -OCH3 is 2. The molecule has 0 saturated carbocycles. The second-order valence-corrected chi connectivity index (χ2v) is 6.81. The summed E-state index contributed by atoms with van der Waals surface area (Å²) in [5, 5.41) is 10.6. The van der Waals surface area contributed by atoms with Gasteiger partial charge < -0.3 is 23.9 Å². The minimum absolute atomic E-state index is 0.0517. The number of ether oxygens (including phenoxy) is 3. The lowest BCUT2D eigenvalue weighted by Crippen LogP contribution is -2.17. The van der Waals surface area contributed by atoms with Gasteiger partial charge in [0.2, 0.25) is 11.8 Å². The summed E-state index contributed by atoms with van der Waals surface area (Å²) in [7, 11) is 3.03. The number of hydrogen-bond donors (Lipinski definition) is 1. The molecule has 1 N–H and O–H groups in total. The summed E-state index contributed by atoms with van der Waals surface area (Å²) >= 11 is 1.01. The van der Waals surface area contributed by atoms with Gasteiger partial charge in [-0.05, 0) is 36.4 Å². The molecule has 0 bridgehead atoms. The number of thioether (sulfide) groups is 1. The Kier molecular flexibility index (Phi) is 6.90. The molecule has 1 amide bonds. The zero-order chi connectivity index (χ0) is 22.4. The highest BCUT2D eigenvalue weighted by molar-refractivity contribution is 7.99. The van der Waals surface area contributed by atoms with Crippen LogP contribution >= 0.6 is 11.8 Å². The molecule has 0 radical (unpaired) electrons. The van der Waals surface area contributed by atoms with E-state index >= 15 is 0 Å². The van der Waals surface area contributed by atoms with Crippen molar-refractivity contribution < 1.29 is 36.6 Å². The number of aromatic nitrogens is 2. The van der Waals surface area contributed by atoms with Crippen LogP contribution in [-0.4, -0.2) is 42.4 Å². The summed E-state index contributed by atoms with van der Waals surface area (Å²) in [6.45, 7) is 0. The van der Waals surface area contributed by atoms with Gasteiger partial charge in [-0.15, -0.1) is 23.4 Å². The third-order valence-electron chi connectivity index (χ3n) is 3.70. The predicted molar refractivity (Wildman–Crippen MR) is 105 cm³/mol. The van der Waals surface area contributed by atoms with E-state index in [0.717, 1.165) is 23.9 Å². The maximum Gasteiger partial charge on any atom is 0.573 e. The Labute approximate surface area is 178 Å². The average molecular weight is 455 g/mol. The van der Waals surface area contributed by atoms with Crippen molar-refractivity contribution in [3.8, 4) is 28.7 Å². The molecule has 0 fully saturated rings. The third-order valence-corrected chi connectivity index (χ3v) is 4.52. The number of benzene rings is 2. The molecular weight excluding hydrogens is 439 g/mol. The van der Waals surface area contributed by atoms with Crippen molar-refractivity contribution in [2.75, 3.05) is 25.3 Å². The van der Waals surface area contributed by atoms with Crippen molar-refractivity contribution in [3.05, 3.63) is 42.5 Å². The number of hydrogen-bond acceptors (Lipinski definition) is 8. The number of carbonyl (C=O) groups is 1. The van der Waals surface area contributed by atoms with E-state index in [2.05, 4.69) is 20.3 Å². The van der Waals surface area contributed by atoms with Crippen molar-refractivity contribution in [1.29, 1.82) is 0 Å². The van der Waals surface area contributed by atoms with Crippen LogP contribution in [0.4, 0.5) is 18.9 Å². The van der Waals surface area contributed by atoms with Gasteiger partial charge in [0.1, 0.15) is 17.2 Å². The third kappa shape index (κ3) is 6.54. The molecule has 1 aromatic heterocycles. The van der Waals surface area contributed by atoms with E-state index in [4.69, 9.17) is 13.9 Å². The van der Waals surface area contributed by atoms with E-state index < -0.39 is 12.3 Å². The highest BCUT2D eigenvalue weighted by Gasteiger charge is 2.31. The lowest BCUT2D eigenvalue weighted by atomic mass is 10.2. The predicted octanol–water partition coefficient (Wildman–Crippen LogP) is 4.38. The second-order valence-electron chi connectivity index (χ2n) is 5.88. The molecule has 0 aliphatic heterocycles. The number of nitrogens with one attached hydrogen (secondary N) is 1. The Morgan fingerprint density at radius 3 is 2.26 bits per heavy atom. The number of anilines is 1. The molecule has 0 aliphatic carbocycles. The molecule has 0 spiro atoms. The van der Waals surface area contributed by atoms with Crippen LogP contribution in [0, 0.1) is 0 Å². The SMILES string of the molecule is COc1cc(OC)cc(-c2nnc(SCC(=O)Nc3ccc(OC(F)(F)F)cc3)o2)c1. The van der Waals surface area contributed by atoms with Crippen LogP contribution in [0.2, 0.25) is 0 Å². The van der Waals surface area contributed by atoms with Gasteiger partial charge in [-0.1, -0.05) is 11.8 Å². The standard InChI is InChI=1S/C19H16F3N3O5S/c1-27-14-7-11(8-15(9-14)28-2)17-24-25-18(29-17)31-10-16(26)23-12-3-5-13(6-4-12)30-19(20,21)22/h3-9H,10H2,1-2H3,(H,23,26). The minimum atomic E-state index is -4.78. The van der Waals surface area contributed by atoms with Crippen LogP contribution in [0.3, 0.4) is 0 Å². The van der Waals surface area contributed by atoms with Gasteiger partial charge in [0.05, 0.1) is 20.0 Å². The van der Waals surface area contributed by atoms with Gasteiger partial charge in [0.15, 0.2) is 0 Å². The fraction of sp³-hybridized carbons (Fsp3) is 0.211. The summed E-state index contributed by atoms with van der Waals surface area (Å²) in [5.41, 5.74) is 0.899. The smallest absolute Gasteiger partial charge is 0.497 e. The highest BCUT2D eigenvalue weighted by atomic mass is 32.2. The van der Waals surface area contributed by atoms with Crippen LogP contribution in [-0.2, 0) is 4.79 Å². The summed E-state index contributed by atoms with van der Waals surface area (Å²) in [6.07, 6.45) is -4.78. The van der Waals surface area contributed by atoms with Crippen molar-refractivity contribution in [2.45, 2.75) is 11.6 Å². The first kappa shape index (κ1) is 22.3. The number of rotatable bonds is 8. The zero-order valence-corrected chi connectivity index (χ0v) is 17.0. The van der Waals surface area contributed by atoms with Gasteiger partial charge in [-0.25, -0.2) is 0 Å². The molecule has 31 heavy (non-hydrogen) atoms. The van der Waals surface area contributed by atoms with Crippen molar-refractivity contribution >= 4 is 23.4 Å². The molecular formula is C19H16F3N3O5S.